The molecule has 0 unspecified atom stereocenters. The predicted molar refractivity (Wildman–Crippen MR) is 71.1 cm³/mol. The van der Waals surface area contributed by atoms with Crippen molar-refractivity contribution in [1.29, 1.82) is 0 Å². The first-order valence-corrected chi connectivity index (χ1v) is 6.33. The average molecular weight is 288 g/mol. The normalized spacial score (nSPS) is 14.8. The molecule has 0 aliphatic carbocycles. The first kappa shape index (κ1) is 16.7. The predicted octanol–water partition coefficient (Wildman–Crippen LogP) is 3.85. The molecule has 0 saturated heterocycles. The van der Waals surface area contributed by atoms with E-state index in [2.05, 4.69) is 6.58 Å². The van der Waals surface area contributed by atoms with Crippen molar-refractivity contribution in [3.05, 3.63) is 48.0 Å². The molecule has 0 aliphatic heterocycles. The first-order chi connectivity index (χ1) is 9.29. The van der Waals surface area contributed by atoms with Crippen LogP contribution >= 0.6 is 0 Å². The fourth-order valence-corrected chi connectivity index (χ4v) is 1.80. The third-order valence-electron chi connectivity index (χ3n) is 2.73. The van der Waals surface area contributed by atoms with Crippen molar-refractivity contribution >= 4 is 0 Å². The second kappa shape index (κ2) is 7.45. The maximum Gasteiger partial charge on any atom is 0.414 e. The molecule has 2 nitrogen and oxygen atoms in total. The summed E-state index contributed by atoms with van der Waals surface area (Å²) in [6, 6.07) is 8.63. The SMILES string of the molecule is C=C(C)C[C@@H](O)C[C@H](OCc1ccccc1)C(F)(F)F. The van der Waals surface area contributed by atoms with Crippen molar-refractivity contribution in [2.24, 2.45) is 0 Å². The minimum Gasteiger partial charge on any atom is -0.393 e. The highest BCUT2D eigenvalue weighted by Gasteiger charge is 2.41. The molecule has 0 spiro atoms. The van der Waals surface area contributed by atoms with Gasteiger partial charge in [0.25, 0.3) is 0 Å². The zero-order valence-electron chi connectivity index (χ0n) is 11.4. The fourth-order valence-electron chi connectivity index (χ4n) is 1.80. The van der Waals surface area contributed by atoms with Crippen LogP contribution in [0.15, 0.2) is 42.5 Å². The molecule has 20 heavy (non-hydrogen) atoms. The molecule has 0 radical (unpaired) electrons. The monoisotopic (exact) mass is 288 g/mol. The fraction of sp³-hybridized carbons (Fsp3) is 0.467. The number of hydrogen-bond donors (Lipinski definition) is 1. The summed E-state index contributed by atoms with van der Waals surface area (Å²) in [6.45, 7) is 5.11. The maximum absolute atomic E-state index is 12.9. The molecular formula is C15H19F3O2. The Kier molecular flexibility index (Phi) is 6.23. The Hall–Kier alpha value is -1.33. The van der Waals surface area contributed by atoms with Crippen LogP contribution in [0, 0.1) is 0 Å². The summed E-state index contributed by atoms with van der Waals surface area (Å²) in [4.78, 5) is 0. The molecule has 1 aromatic rings. The summed E-state index contributed by atoms with van der Waals surface area (Å²) in [5, 5.41) is 9.61. The lowest BCUT2D eigenvalue weighted by atomic mass is 10.0. The summed E-state index contributed by atoms with van der Waals surface area (Å²) < 4.78 is 43.5. The van der Waals surface area contributed by atoms with Gasteiger partial charge in [-0.2, -0.15) is 13.2 Å². The van der Waals surface area contributed by atoms with Crippen molar-refractivity contribution in [2.45, 2.75) is 44.8 Å². The highest BCUT2D eigenvalue weighted by Crippen LogP contribution is 2.28. The van der Waals surface area contributed by atoms with Gasteiger partial charge in [0, 0.05) is 6.42 Å². The molecule has 5 heteroatoms. The molecule has 2 atom stereocenters. The molecule has 112 valence electrons. The number of benzene rings is 1. The number of halogens is 3. The van der Waals surface area contributed by atoms with Crippen LogP contribution in [0.5, 0.6) is 0 Å². The van der Waals surface area contributed by atoms with Crippen LogP contribution in [0.4, 0.5) is 13.2 Å². The number of aliphatic hydroxyl groups is 1. The van der Waals surface area contributed by atoms with E-state index in [9.17, 15) is 18.3 Å². The van der Waals surface area contributed by atoms with Gasteiger partial charge >= 0.3 is 6.18 Å². The minimum atomic E-state index is -4.50. The number of alkyl halides is 3. The van der Waals surface area contributed by atoms with Crippen molar-refractivity contribution in [3.8, 4) is 0 Å². The zero-order valence-corrected chi connectivity index (χ0v) is 11.4. The van der Waals surface area contributed by atoms with Crippen LogP contribution in [0.2, 0.25) is 0 Å². The van der Waals surface area contributed by atoms with Gasteiger partial charge in [0.2, 0.25) is 0 Å². The summed E-state index contributed by atoms with van der Waals surface area (Å²) in [5.41, 5.74) is 1.30. The molecule has 0 fully saturated rings. The lowest BCUT2D eigenvalue weighted by Crippen LogP contribution is -2.35. The smallest absolute Gasteiger partial charge is 0.393 e. The van der Waals surface area contributed by atoms with Gasteiger partial charge in [-0.1, -0.05) is 35.9 Å². The molecule has 1 N–H and O–H groups in total. The van der Waals surface area contributed by atoms with Crippen molar-refractivity contribution in [3.63, 3.8) is 0 Å². The van der Waals surface area contributed by atoms with E-state index >= 15 is 0 Å². The standard InChI is InChI=1S/C15H19F3O2/c1-11(2)8-13(19)9-14(15(16,17)18)20-10-12-6-4-3-5-7-12/h3-7,13-14,19H,1,8-10H2,2H3/t13-,14+/m1/s1. The van der Waals surface area contributed by atoms with Gasteiger partial charge in [-0.15, -0.1) is 6.58 Å². The van der Waals surface area contributed by atoms with Gasteiger partial charge < -0.3 is 9.84 Å². The van der Waals surface area contributed by atoms with E-state index in [1.54, 1.807) is 37.3 Å². The second-order valence-corrected chi connectivity index (χ2v) is 4.88. The average Bonchev–Trinajstić information content (AvgIpc) is 2.33. The van der Waals surface area contributed by atoms with Gasteiger partial charge in [-0.05, 0) is 18.9 Å². The number of aliphatic hydroxyl groups excluding tert-OH is 1. The first-order valence-electron chi connectivity index (χ1n) is 6.33. The zero-order chi connectivity index (χ0) is 15.2. The highest BCUT2D eigenvalue weighted by molar-refractivity contribution is 5.13. The quantitative estimate of drug-likeness (QED) is 0.772. The van der Waals surface area contributed by atoms with Crippen molar-refractivity contribution in [2.75, 3.05) is 0 Å². The Morgan fingerprint density at radius 3 is 2.40 bits per heavy atom. The Bertz CT molecular complexity index is 415. The molecule has 0 saturated carbocycles. The molecule has 0 aliphatic rings. The van der Waals surface area contributed by atoms with Crippen LogP contribution in [0.3, 0.4) is 0 Å². The van der Waals surface area contributed by atoms with Gasteiger partial charge in [-0.25, -0.2) is 0 Å². The third kappa shape index (κ3) is 6.21. The van der Waals surface area contributed by atoms with E-state index in [4.69, 9.17) is 4.74 Å². The molecule has 1 rings (SSSR count). The summed E-state index contributed by atoms with van der Waals surface area (Å²) in [6.07, 6.45) is -7.91. The van der Waals surface area contributed by atoms with E-state index < -0.39 is 24.8 Å². The minimum absolute atomic E-state index is 0.134. The van der Waals surface area contributed by atoms with E-state index in [-0.39, 0.29) is 13.0 Å². The molecule has 0 heterocycles. The summed E-state index contributed by atoms with van der Waals surface area (Å²) in [7, 11) is 0. The summed E-state index contributed by atoms with van der Waals surface area (Å²) >= 11 is 0. The van der Waals surface area contributed by atoms with Gasteiger partial charge in [-0.3, -0.25) is 0 Å². The molecule has 1 aromatic carbocycles. The topological polar surface area (TPSA) is 29.5 Å². The van der Waals surface area contributed by atoms with Crippen LogP contribution < -0.4 is 0 Å². The lowest BCUT2D eigenvalue weighted by Gasteiger charge is -2.23. The van der Waals surface area contributed by atoms with Crippen LogP contribution in [-0.2, 0) is 11.3 Å². The van der Waals surface area contributed by atoms with Gasteiger partial charge in [0.05, 0.1) is 12.7 Å². The second-order valence-electron chi connectivity index (χ2n) is 4.88. The number of hydrogen-bond acceptors (Lipinski definition) is 2. The van der Waals surface area contributed by atoms with E-state index in [0.717, 1.165) is 0 Å². The van der Waals surface area contributed by atoms with Crippen LogP contribution in [-0.4, -0.2) is 23.5 Å². The van der Waals surface area contributed by atoms with Crippen molar-refractivity contribution < 1.29 is 23.0 Å². The Balaban J connectivity index is 2.59. The molecule has 0 aromatic heterocycles. The van der Waals surface area contributed by atoms with Crippen LogP contribution in [0.25, 0.3) is 0 Å². The van der Waals surface area contributed by atoms with Gasteiger partial charge in [0.15, 0.2) is 6.10 Å². The molecular weight excluding hydrogens is 269 g/mol. The lowest BCUT2D eigenvalue weighted by molar-refractivity contribution is -0.230. The van der Waals surface area contributed by atoms with E-state index in [1.807, 2.05) is 0 Å². The van der Waals surface area contributed by atoms with Gasteiger partial charge in [0.1, 0.15) is 0 Å². The molecule has 0 bridgehead atoms. The molecule has 0 amide bonds. The highest BCUT2D eigenvalue weighted by atomic mass is 19.4. The van der Waals surface area contributed by atoms with E-state index in [1.165, 1.54) is 0 Å². The summed E-state index contributed by atoms with van der Waals surface area (Å²) in [5.74, 6) is 0. The number of rotatable bonds is 7. The number of ether oxygens (including phenoxy) is 1. The largest absolute Gasteiger partial charge is 0.414 e. The Morgan fingerprint density at radius 2 is 1.90 bits per heavy atom. The Labute approximate surface area is 116 Å². The van der Waals surface area contributed by atoms with Crippen LogP contribution in [0.1, 0.15) is 25.3 Å². The van der Waals surface area contributed by atoms with Crippen molar-refractivity contribution in [1.82, 2.24) is 0 Å². The Morgan fingerprint density at radius 1 is 1.30 bits per heavy atom. The maximum atomic E-state index is 12.9. The third-order valence-corrected chi connectivity index (χ3v) is 2.73. The van der Waals surface area contributed by atoms with E-state index in [0.29, 0.717) is 11.1 Å².